The van der Waals surface area contributed by atoms with Crippen LogP contribution in [-0.2, 0) is 6.18 Å². The molecule has 1 heterocycles. The van der Waals surface area contributed by atoms with Crippen LogP contribution in [0.15, 0.2) is 24.3 Å². The molecule has 0 radical (unpaired) electrons. The summed E-state index contributed by atoms with van der Waals surface area (Å²) in [6.07, 6.45) is -2.59. The second kappa shape index (κ2) is 6.05. The lowest BCUT2D eigenvalue weighted by molar-refractivity contribution is -0.137. The minimum atomic E-state index is -4.37. The Morgan fingerprint density at radius 3 is 2.10 bits per heavy atom. The fraction of sp³-hybridized carbons (Fsp3) is 0.533. The molecular formula is C15H19F3N2O. The van der Waals surface area contributed by atoms with Crippen LogP contribution in [0.25, 0.3) is 0 Å². The summed E-state index contributed by atoms with van der Waals surface area (Å²) in [6.45, 7) is 1.28. The lowest BCUT2D eigenvalue weighted by atomic mass is 10.0. The van der Waals surface area contributed by atoms with Crippen LogP contribution in [-0.4, -0.2) is 48.9 Å². The number of hydrogen-bond acceptors (Lipinski definition) is 2. The highest BCUT2D eigenvalue weighted by Crippen LogP contribution is 2.29. The third-order valence-electron chi connectivity index (χ3n) is 3.94. The Morgan fingerprint density at radius 2 is 1.67 bits per heavy atom. The van der Waals surface area contributed by atoms with E-state index in [1.54, 1.807) is 4.90 Å². The molecule has 1 aliphatic heterocycles. The molecular weight excluding hydrogens is 281 g/mol. The Labute approximate surface area is 122 Å². The van der Waals surface area contributed by atoms with Gasteiger partial charge < -0.3 is 9.80 Å². The molecule has 1 aliphatic rings. The molecule has 1 fully saturated rings. The van der Waals surface area contributed by atoms with E-state index in [0.29, 0.717) is 24.7 Å². The van der Waals surface area contributed by atoms with Gasteiger partial charge in [0.05, 0.1) is 5.56 Å². The zero-order valence-corrected chi connectivity index (χ0v) is 12.2. The van der Waals surface area contributed by atoms with Gasteiger partial charge in [-0.25, -0.2) is 0 Å². The SMILES string of the molecule is CN(C)C1CCN(C(=O)c2ccc(C(F)(F)F)cc2)CC1. The molecule has 1 saturated heterocycles. The van der Waals surface area contributed by atoms with Crippen LogP contribution in [0.3, 0.4) is 0 Å². The summed E-state index contributed by atoms with van der Waals surface area (Å²) < 4.78 is 37.5. The van der Waals surface area contributed by atoms with Gasteiger partial charge in [-0.05, 0) is 51.2 Å². The molecule has 1 amide bonds. The van der Waals surface area contributed by atoms with Gasteiger partial charge in [-0.3, -0.25) is 4.79 Å². The standard InChI is InChI=1S/C15H19F3N2O/c1-19(2)13-7-9-20(10-8-13)14(21)11-3-5-12(6-4-11)15(16,17)18/h3-6,13H,7-10H2,1-2H3. The van der Waals surface area contributed by atoms with E-state index in [-0.39, 0.29) is 5.91 Å². The fourth-order valence-corrected chi connectivity index (χ4v) is 2.57. The van der Waals surface area contributed by atoms with Crippen LogP contribution in [0.5, 0.6) is 0 Å². The second-order valence-electron chi connectivity index (χ2n) is 5.56. The van der Waals surface area contributed by atoms with Gasteiger partial charge in [0.25, 0.3) is 5.91 Å². The number of benzene rings is 1. The number of piperidine rings is 1. The summed E-state index contributed by atoms with van der Waals surface area (Å²) in [5.74, 6) is -0.194. The molecule has 0 bridgehead atoms. The van der Waals surface area contributed by atoms with Crippen molar-refractivity contribution in [3.63, 3.8) is 0 Å². The Bertz CT molecular complexity index is 489. The summed E-state index contributed by atoms with van der Waals surface area (Å²) in [4.78, 5) is 16.1. The zero-order valence-electron chi connectivity index (χ0n) is 12.2. The van der Waals surface area contributed by atoms with Crippen molar-refractivity contribution in [1.82, 2.24) is 9.80 Å². The minimum Gasteiger partial charge on any atom is -0.339 e. The van der Waals surface area contributed by atoms with Crippen molar-refractivity contribution in [2.75, 3.05) is 27.2 Å². The van der Waals surface area contributed by atoms with Gasteiger partial charge in [-0.2, -0.15) is 13.2 Å². The Balaban J connectivity index is 2.01. The van der Waals surface area contributed by atoms with Crippen molar-refractivity contribution in [3.8, 4) is 0 Å². The molecule has 2 rings (SSSR count). The highest BCUT2D eigenvalue weighted by Gasteiger charge is 2.31. The maximum Gasteiger partial charge on any atom is 0.416 e. The first-order chi connectivity index (χ1) is 9.79. The van der Waals surface area contributed by atoms with Crippen molar-refractivity contribution >= 4 is 5.91 Å². The monoisotopic (exact) mass is 300 g/mol. The van der Waals surface area contributed by atoms with Gasteiger partial charge in [-0.1, -0.05) is 0 Å². The summed E-state index contributed by atoms with van der Waals surface area (Å²) in [5, 5.41) is 0. The van der Waals surface area contributed by atoms with E-state index in [1.165, 1.54) is 12.1 Å². The van der Waals surface area contributed by atoms with Crippen LogP contribution in [0.2, 0.25) is 0 Å². The number of likely N-dealkylation sites (tertiary alicyclic amines) is 1. The van der Waals surface area contributed by atoms with Gasteiger partial charge in [0.1, 0.15) is 0 Å². The average molecular weight is 300 g/mol. The molecule has 6 heteroatoms. The Morgan fingerprint density at radius 1 is 1.14 bits per heavy atom. The predicted octanol–water partition coefficient (Wildman–Crippen LogP) is 2.87. The molecule has 0 N–H and O–H groups in total. The van der Waals surface area contributed by atoms with E-state index >= 15 is 0 Å². The van der Waals surface area contributed by atoms with Crippen LogP contribution in [0.1, 0.15) is 28.8 Å². The van der Waals surface area contributed by atoms with Crippen molar-refractivity contribution in [1.29, 1.82) is 0 Å². The highest BCUT2D eigenvalue weighted by atomic mass is 19.4. The molecule has 0 aliphatic carbocycles. The van der Waals surface area contributed by atoms with Gasteiger partial charge in [0.2, 0.25) is 0 Å². The van der Waals surface area contributed by atoms with Gasteiger partial charge >= 0.3 is 6.18 Å². The van der Waals surface area contributed by atoms with Crippen molar-refractivity contribution in [2.45, 2.75) is 25.1 Å². The Kier molecular flexibility index (Phi) is 4.56. The maximum absolute atomic E-state index is 12.5. The molecule has 21 heavy (non-hydrogen) atoms. The first-order valence-corrected chi connectivity index (χ1v) is 6.92. The number of rotatable bonds is 2. The van der Waals surface area contributed by atoms with Crippen LogP contribution >= 0.6 is 0 Å². The molecule has 3 nitrogen and oxygen atoms in total. The minimum absolute atomic E-state index is 0.194. The maximum atomic E-state index is 12.5. The molecule has 0 saturated carbocycles. The van der Waals surface area contributed by atoms with E-state index in [0.717, 1.165) is 25.0 Å². The van der Waals surface area contributed by atoms with Crippen molar-refractivity contribution < 1.29 is 18.0 Å². The van der Waals surface area contributed by atoms with Gasteiger partial charge in [-0.15, -0.1) is 0 Å². The molecule has 1 aromatic rings. The summed E-state index contributed by atoms with van der Waals surface area (Å²) in [5.41, 5.74) is -0.420. The number of alkyl halides is 3. The quantitative estimate of drug-likeness (QED) is 0.838. The van der Waals surface area contributed by atoms with E-state index in [1.807, 2.05) is 14.1 Å². The number of halogens is 3. The largest absolute Gasteiger partial charge is 0.416 e. The normalized spacial score (nSPS) is 17.3. The molecule has 0 aromatic heterocycles. The molecule has 116 valence electrons. The van der Waals surface area contributed by atoms with E-state index in [4.69, 9.17) is 0 Å². The molecule has 0 unspecified atom stereocenters. The van der Waals surface area contributed by atoms with Crippen LogP contribution in [0.4, 0.5) is 13.2 Å². The summed E-state index contributed by atoms with van der Waals surface area (Å²) >= 11 is 0. The van der Waals surface area contributed by atoms with Crippen LogP contribution in [0, 0.1) is 0 Å². The number of hydrogen-bond donors (Lipinski definition) is 0. The third kappa shape index (κ3) is 3.75. The number of amides is 1. The van der Waals surface area contributed by atoms with Gasteiger partial charge in [0, 0.05) is 24.7 Å². The predicted molar refractivity (Wildman–Crippen MR) is 74.1 cm³/mol. The topological polar surface area (TPSA) is 23.6 Å². The number of carbonyl (C=O) groups excluding carboxylic acids is 1. The lowest BCUT2D eigenvalue weighted by Crippen LogP contribution is -2.44. The summed E-state index contributed by atoms with van der Waals surface area (Å²) in [6, 6.07) is 4.88. The van der Waals surface area contributed by atoms with E-state index in [9.17, 15) is 18.0 Å². The lowest BCUT2D eigenvalue weighted by Gasteiger charge is -2.35. The first kappa shape index (κ1) is 15.8. The van der Waals surface area contributed by atoms with Crippen molar-refractivity contribution in [3.05, 3.63) is 35.4 Å². The van der Waals surface area contributed by atoms with Crippen LogP contribution < -0.4 is 0 Å². The molecule has 0 atom stereocenters. The highest BCUT2D eigenvalue weighted by molar-refractivity contribution is 5.94. The number of carbonyl (C=O) groups is 1. The molecule has 1 aromatic carbocycles. The fourth-order valence-electron chi connectivity index (χ4n) is 2.57. The Hall–Kier alpha value is -1.56. The average Bonchev–Trinajstić information content (AvgIpc) is 2.46. The zero-order chi connectivity index (χ0) is 15.6. The molecule has 0 spiro atoms. The second-order valence-corrected chi connectivity index (χ2v) is 5.56. The van der Waals surface area contributed by atoms with Crippen molar-refractivity contribution in [2.24, 2.45) is 0 Å². The van der Waals surface area contributed by atoms with Gasteiger partial charge in [0.15, 0.2) is 0 Å². The first-order valence-electron chi connectivity index (χ1n) is 6.92. The smallest absolute Gasteiger partial charge is 0.339 e. The third-order valence-corrected chi connectivity index (χ3v) is 3.94. The van der Waals surface area contributed by atoms with E-state index < -0.39 is 11.7 Å². The summed E-state index contributed by atoms with van der Waals surface area (Å²) in [7, 11) is 4.02. The number of nitrogens with zero attached hydrogens (tertiary/aromatic N) is 2. The van der Waals surface area contributed by atoms with E-state index in [2.05, 4.69) is 4.90 Å².